The molecule has 1 saturated heterocycles. The Balaban J connectivity index is 1.32. The van der Waals surface area contributed by atoms with Crippen LogP contribution in [0.25, 0.3) is 46.1 Å². The summed E-state index contributed by atoms with van der Waals surface area (Å²) in [7, 11) is 6.65. The van der Waals surface area contributed by atoms with Gasteiger partial charge in [0.2, 0.25) is 11.4 Å². The minimum atomic E-state index is 1.06. The van der Waals surface area contributed by atoms with Gasteiger partial charge in [0.1, 0.15) is 14.1 Å². The van der Waals surface area contributed by atoms with Gasteiger partial charge in [0, 0.05) is 64.8 Å². The molecule has 0 amide bonds. The fourth-order valence-electron chi connectivity index (χ4n) is 6.63. The summed E-state index contributed by atoms with van der Waals surface area (Å²) in [5.41, 5.74) is 7.50. The molecule has 1 aliphatic heterocycles. The second kappa shape index (κ2) is 12.5. The number of nitrogens with zero attached hydrogens (tertiary/aromatic N) is 4. The van der Waals surface area contributed by atoms with Gasteiger partial charge in [0.25, 0.3) is 0 Å². The van der Waals surface area contributed by atoms with Gasteiger partial charge in [0.15, 0.2) is 12.4 Å². The van der Waals surface area contributed by atoms with E-state index >= 15 is 0 Å². The van der Waals surface area contributed by atoms with Crippen molar-refractivity contribution in [1.29, 1.82) is 0 Å². The van der Waals surface area contributed by atoms with E-state index in [0.29, 0.717) is 0 Å². The summed E-state index contributed by atoms with van der Waals surface area (Å²) in [6.45, 7) is 5.06. The van der Waals surface area contributed by atoms with Gasteiger partial charge in [0.05, 0.1) is 26.7 Å². The zero-order valence-electron chi connectivity index (χ0n) is 25.5. The minimum Gasteiger partial charge on any atom is -0.340 e. The van der Waals surface area contributed by atoms with Crippen LogP contribution in [0.1, 0.15) is 54.6 Å². The molecule has 0 N–H and O–H groups in total. The summed E-state index contributed by atoms with van der Waals surface area (Å²) in [4.78, 5) is 0. The third-order valence-electron chi connectivity index (χ3n) is 9.22. The molecule has 1 aliphatic rings. The summed E-state index contributed by atoms with van der Waals surface area (Å²) in [5.74, 6) is 0. The standard InChI is InChI=1S/C38H45N4/c1-39-23-7-5-13-33(39)19-15-31-17-21-37-35(29-31)36-30-32(16-20-34-14-6-8-24-40(34)2)18-22-38(36)41(37)25-9-12-28-42(3)26-10-4-11-27-42/h5-8,13-24,29-30H,4,9-12,25-28H2,1-3H3/q+3. The van der Waals surface area contributed by atoms with Crippen LogP contribution < -0.4 is 9.13 Å². The maximum Gasteiger partial charge on any atom is 0.204 e. The van der Waals surface area contributed by atoms with Crippen molar-refractivity contribution >= 4 is 46.1 Å². The van der Waals surface area contributed by atoms with Crippen LogP contribution in [0.15, 0.2) is 85.2 Å². The van der Waals surface area contributed by atoms with Crippen LogP contribution in [0.5, 0.6) is 0 Å². The Morgan fingerprint density at radius 3 is 1.74 bits per heavy atom. The van der Waals surface area contributed by atoms with Crippen molar-refractivity contribution in [3.05, 3.63) is 108 Å². The molecular formula is C38H45N4+3. The maximum atomic E-state index is 2.57. The number of aryl methyl sites for hydroxylation is 3. The van der Waals surface area contributed by atoms with Gasteiger partial charge < -0.3 is 9.05 Å². The van der Waals surface area contributed by atoms with Gasteiger partial charge in [-0.25, -0.2) is 9.13 Å². The van der Waals surface area contributed by atoms with Crippen LogP contribution in [0, 0.1) is 0 Å². The summed E-state index contributed by atoms with van der Waals surface area (Å²) in [6.07, 6.45) is 19.8. The highest BCUT2D eigenvalue weighted by atomic mass is 15.3. The lowest BCUT2D eigenvalue weighted by atomic mass is 10.1. The van der Waals surface area contributed by atoms with E-state index < -0.39 is 0 Å². The molecule has 0 aliphatic carbocycles. The van der Waals surface area contributed by atoms with Crippen molar-refractivity contribution in [3.63, 3.8) is 0 Å². The highest BCUT2D eigenvalue weighted by molar-refractivity contribution is 6.09. The van der Waals surface area contributed by atoms with Gasteiger partial charge in [-0.05, 0) is 91.8 Å². The lowest BCUT2D eigenvalue weighted by Crippen LogP contribution is -2.48. The number of pyridine rings is 2. The van der Waals surface area contributed by atoms with Crippen molar-refractivity contribution in [2.24, 2.45) is 14.1 Å². The van der Waals surface area contributed by atoms with Gasteiger partial charge in [-0.1, -0.05) is 12.1 Å². The van der Waals surface area contributed by atoms with Gasteiger partial charge in [-0.3, -0.25) is 0 Å². The lowest BCUT2D eigenvalue weighted by molar-refractivity contribution is -0.914. The van der Waals surface area contributed by atoms with E-state index in [1.54, 1.807) is 0 Å². The molecule has 4 heterocycles. The lowest BCUT2D eigenvalue weighted by Gasteiger charge is -2.37. The first-order valence-corrected chi connectivity index (χ1v) is 15.6. The normalized spacial score (nSPS) is 15.4. The molecule has 0 saturated carbocycles. The van der Waals surface area contributed by atoms with E-state index in [9.17, 15) is 0 Å². The third kappa shape index (κ3) is 6.24. The number of benzene rings is 2. The number of rotatable bonds is 9. The third-order valence-corrected chi connectivity index (χ3v) is 9.22. The van der Waals surface area contributed by atoms with Crippen LogP contribution >= 0.6 is 0 Å². The number of likely N-dealkylation sites (tertiary alicyclic amines) is 1. The van der Waals surface area contributed by atoms with E-state index in [1.165, 1.54) is 101 Å². The quantitative estimate of drug-likeness (QED) is 0.103. The Morgan fingerprint density at radius 1 is 0.667 bits per heavy atom. The molecule has 5 aromatic rings. The van der Waals surface area contributed by atoms with Crippen LogP contribution in [0.4, 0.5) is 0 Å². The molecule has 0 bridgehead atoms. The molecule has 0 spiro atoms. The summed E-state index contributed by atoms with van der Waals surface area (Å²) >= 11 is 0. The Hall–Kier alpha value is -4.02. The molecule has 42 heavy (non-hydrogen) atoms. The summed E-state index contributed by atoms with van der Waals surface area (Å²) in [5, 5.41) is 2.67. The van der Waals surface area contributed by atoms with E-state index in [4.69, 9.17) is 0 Å². The number of aromatic nitrogens is 3. The highest BCUT2D eigenvalue weighted by Gasteiger charge is 2.23. The fourth-order valence-corrected chi connectivity index (χ4v) is 6.63. The van der Waals surface area contributed by atoms with E-state index in [2.05, 4.69) is 144 Å². The van der Waals surface area contributed by atoms with E-state index in [0.717, 1.165) is 6.54 Å². The van der Waals surface area contributed by atoms with E-state index in [1.807, 2.05) is 0 Å². The maximum absolute atomic E-state index is 2.57. The Kier molecular flexibility index (Phi) is 8.34. The van der Waals surface area contributed by atoms with Crippen LogP contribution in [-0.2, 0) is 20.6 Å². The molecule has 0 unspecified atom stereocenters. The average molecular weight is 558 g/mol. The predicted octanol–water partition coefficient (Wildman–Crippen LogP) is 7.20. The minimum absolute atomic E-state index is 1.06. The van der Waals surface area contributed by atoms with Crippen molar-refractivity contribution in [2.45, 2.75) is 38.6 Å². The first-order valence-electron chi connectivity index (χ1n) is 15.6. The SMILES string of the molecule is C[n+]1ccccc1/C=C/c1ccc2c(c1)c1cc(/C=C/c3cccc[n+]3C)ccc1n2CCCC[N+]1(C)CCCCC1. The smallest absolute Gasteiger partial charge is 0.204 e. The van der Waals surface area contributed by atoms with Crippen molar-refractivity contribution < 1.29 is 13.6 Å². The molecule has 2 aromatic carbocycles. The largest absolute Gasteiger partial charge is 0.340 e. The van der Waals surface area contributed by atoms with Crippen LogP contribution in [-0.4, -0.2) is 35.7 Å². The highest BCUT2D eigenvalue weighted by Crippen LogP contribution is 2.32. The fraction of sp³-hybridized carbons (Fsp3) is 0.316. The predicted molar refractivity (Wildman–Crippen MR) is 176 cm³/mol. The Labute approximate surface area is 251 Å². The number of unbranched alkanes of at least 4 members (excludes halogenated alkanes) is 1. The zero-order chi connectivity index (χ0) is 28.9. The number of hydrogen-bond donors (Lipinski definition) is 0. The molecule has 214 valence electrons. The molecule has 1 fully saturated rings. The molecule has 0 radical (unpaired) electrons. The van der Waals surface area contributed by atoms with Crippen LogP contribution in [0.3, 0.4) is 0 Å². The van der Waals surface area contributed by atoms with E-state index in [-0.39, 0.29) is 0 Å². The average Bonchev–Trinajstić information content (AvgIpc) is 3.31. The molecular weight excluding hydrogens is 512 g/mol. The monoisotopic (exact) mass is 557 g/mol. The van der Waals surface area contributed by atoms with Crippen molar-refractivity contribution in [2.75, 3.05) is 26.7 Å². The topological polar surface area (TPSA) is 12.7 Å². The second-order valence-corrected chi connectivity index (χ2v) is 12.4. The molecule has 4 heteroatoms. The molecule has 4 nitrogen and oxygen atoms in total. The number of quaternary nitrogens is 1. The van der Waals surface area contributed by atoms with Crippen LogP contribution in [0.2, 0.25) is 0 Å². The summed E-state index contributed by atoms with van der Waals surface area (Å²) < 4.78 is 8.13. The summed E-state index contributed by atoms with van der Waals surface area (Å²) in [6, 6.07) is 26.6. The number of piperidine rings is 1. The first-order chi connectivity index (χ1) is 20.5. The van der Waals surface area contributed by atoms with Gasteiger partial charge >= 0.3 is 0 Å². The number of hydrogen-bond acceptors (Lipinski definition) is 0. The van der Waals surface area contributed by atoms with Gasteiger partial charge in [-0.15, -0.1) is 0 Å². The first kappa shape index (κ1) is 28.1. The second-order valence-electron chi connectivity index (χ2n) is 12.4. The Bertz CT molecular complexity index is 1640. The van der Waals surface area contributed by atoms with Crippen molar-refractivity contribution in [1.82, 2.24) is 4.57 Å². The molecule has 0 atom stereocenters. The number of fused-ring (bicyclic) bond motifs is 3. The molecule has 3 aromatic heterocycles. The molecule has 6 rings (SSSR count). The van der Waals surface area contributed by atoms with Crippen molar-refractivity contribution in [3.8, 4) is 0 Å². The Morgan fingerprint density at radius 2 is 1.21 bits per heavy atom. The van der Waals surface area contributed by atoms with Gasteiger partial charge in [-0.2, -0.15) is 0 Å². The zero-order valence-corrected chi connectivity index (χ0v) is 25.5.